The van der Waals surface area contributed by atoms with E-state index in [1.54, 1.807) is 0 Å². The summed E-state index contributed by atoms with van der Waals surface area (Å²) in [5.74, 6) is -0.407. The number of imide groups is 1. The zero-order valence-corrected chi connectivity index (χ0v) is 14.3. The van der Waals surface area contributed by atoms with Gasteiger partial charge in [-0.1, -0.05) is 32.9 Å². The van der Waals surface area contributed by atoms with Crippen molar-refractivity contribution in [2.75, 3.05) is 4.90 Å². The molecular weight excluding hydrogens is 294 g/mol. The van der Waals surface area contributed by atoms with Crippen molar-refractivity contribution in [1.29, 1.82) is 0 Å². The average Bonchev–Trinajstić information content (AvgIpc) is 2.86. The number of amides is 2. The Hall–Kier alpha value is -1.94. The normalized spacial score (nSPS) is 14.7. The van der Waals surface area contributed by atoms with Crippen LogP contribution in [0.3, 0.4) is 0 Å². The summed E-state index contributed by atoms with van der Waals surface area (Å²) < 4.78 is 0. The lowest BCUT2D eigenvalue weighted by atomic mass is 9.87. The van der Waals surface area contributed by atoms with E-state index in [9.17, 15) is 9.59 Å². The number of rotatable bonds is 1. The molecule has 1 aromatic carbocycles. The van der Waals surface area contributed by atoms with Gasteiger partial charge in [0.25, 0.3) is 11.8 Å². The Morgan fingerprint density at radius 1 is 0.864 bits per heavy atom. The fraction of sp³-hybridized carbons (Fsp3) is 0.333. The van der Waals surface area contributed by atoms with Crippen LogP contribution in [-0.4, -0.2) is 11.8 Å². The van der Waals surface area contributed by atoms with Gasteiger partial charge in [0, 0.05) is 9.75 Å². The molecule has 0 saturated carbocycles. The van der Waals surface area contributed by atoms with Gasteiger partial charge in [0.05, 0.1) is 16.8 Å². The number of nitrogens with zero attached hydrogens (tertiary/aromatic N) is 1. The summed E-state index contributed by atoms with van der Waals surface area (Å²) in [6.07, 6.45) is 0. The first kappa shape index (κ1) is 15.0. The molecule has 0 aliphatic carbocycles. The van der Waals surface area contributed by atoms with E-state index in [0.29, 0.717) is 16.8 Å². The molecule has 114 valence electrons. The van der Waals surface area contributed by atoms with Crippen molar-refractivity contribution in [3.63, 3.8) is 0 Å². The lowest BCUT2D eigenvalue weighted by Gasteiger charge is -2.21. The molecule has 22 heavy (non-hydrogen) atoms. The maximum Gasteiger partial charge on any atom is 0.267 e. The minimum Gasteiger partial charge on any atom is -0.268 e. The number of hydrogen-bond acceptors (Lipinski definition) is 3. The van der Waals surface area contributed by atoms with Crippen molar-refractivity contribution in [3.8, 4) is 0 Å². The molecule has 0 unspecified atom stereocenters. The maximum absolute atomic E-state index is 12.6. The summed E-state index contributed by atoms with van der Waals surface area (Å²) in [7, 11) is 0. The van der Waals surface area contributed by atoms with Crippen LogP contribution >= 0.6 is 11.3 Å². The number of fused-ring (bicyclic) bond motifs is 1. The lowest BCUT2D eigenvalue weighted by molar-refractivity contribution is 0.0926. The molecule has 0 radical (unpaired) electrons. The Balaban J connectivity index is 2.03. The monoisotopic (exact) mass is 313 g/mol. The SMILES string of the molecule is Cc1sc(C)c2c1C(=O)N(c1ccc(C(C)(C)C)cc1)C2=O. The molecule has 0 spiro atoms. The Kier molecular flexibility index (Phi) is 3.25. The molecule has 0 fully saturated rings. The van der Waals surface area contributed by atoms with Crippen LogP contribution in [0.1, 0.15) is 56.8 Å². The van der Waals surface area contributed by atoms with Crippen LogP contribution in [0, 0.1) is 13.8 Å². The Labute approximate surface area is 134 Å². The molecule has 3 rings (SSSR count). The van der Waals surface area contributed by atoms with Crippen molar-refractivity contribution in [1.82, 2.24) is 0 Å². The van der Waals surface area contributed by atoms with Crippen LogP contribution in [0.25, 0.3) is 0 Å². The van der Waals surface area contributed by atoms with Gasteiger partial charge in [-0.2, -0.15) is 0 Å². The molecule has 0 atom stereocenters. The molecule has 0 bridgehead atoms. The first-order valence-corrected chi connectivity index (χ1v) is 8.13. The second kappa shape index (κ2) is 4.78. The van der Waals surface area contributed by atoms with Gasteiger partial charge in [-0.3, -0.25) is 9.59 Å². The van der Waals surface area contributed by atoms with Gasteiger partial charge in [-0.25, -0.2) is 4.90 Å². The second-order valence-electron chi connectivity index (χ2n) is 6.71. The number of carbonyl (C=O) groups excluding carboxylic acids is 2. The lowest BCUT2D eigenvalue weighted by Crippen LogP contribution is -2.30. The van der Waals surface area contributed by atoms with E-state index in [4.69, 9.17) is 0 Å². The number of carbonyl (C=O) groups is 2. The van der Waals surface area contributed by atoms with Crippen LogP contribution in [-0.2, 0) is 5.41 Å². The van der Waals surface area contributed by atoms with Crippen LogP contribution < -0.4 is 4.90 Å². The minimum atomic E-state index is -0.203. The first-order valence-electron chi connectivity index (χ1n) is 7.31. The van der Waals surface area contributed by atoms with Crippen LogP contribution in [0.5, 0.6) is 0 Å². The van der Waals surface area contributed by atoms with Crippen molar-refractivity contribution in [3.05, 3.63) is 50.7 Å². The molecule has 1 aliphatic rings. The Morgan fingerprint density at radius 2 is 1.32 bits per heavy atom. The van der Waals surface area contributed by atoms with Gasteiger partial charge < -0.3 is 0 Å². The number of thiophene rings is 1. The minimum absolute atomic E-state index is 0.0446. The standard InChI is InChI=1S/C18H19NO2S/c1-10-14-15(11(2)22-10)17(21)19(16(14)20)13-8-6-12(7-9-13)18(3,4)5/h6-9H,1-5H3. The zero-order valence-electron chi connectivity index (χ0n) is 13.5. The third kappa shape index (κ3) is 2.10. The van der Waals surface area contributed by atoms with Crippen molar-refractivity contribution in [2.45, 2.75) is 40.0 Å². The largest absolute Gasteiger partial charge is 0.268 e. The quantitative estimate of drug-likeness (QED) is 0.729. The van der Waals surface area contributed by atoms with Gasteiger partial charge in [0.15, 0.2) is 0 Å². The summed E-state index contributed by atoms with van der Waals surface area (Å²) in [4.78, 5) is 28.4. The van der Waals surface area contributed by atoms with E-state index in [0.717, 1.165) is 9.75 Å². The molecule has 2 amide bonds. The molecule has 3 nitrogen and oxygen atoms in total. The highest BCUT2D eigenvalue weighted by Crippen LogP contribution is 2.37. The van der Waals surface area contributed by atoms with E-state index >= 15 is 0 Å². The predicted molar refractivity (Wildman–Crippen MR) is 90.1 cm³/mol. The number of benzene rings is 1. The highest BCUT2D eigenvalue weighted by atomic mass is 32.1. The topological polar surface area (TPSA) is 37.4 Å². The van der Waals surface area contributed by atoms with Crippen LogP contribution in [0.2, 0.25) is 0 Å². The van der Waals surface area contributed by atoms with E-state index < -0.39 is 0 Å². The van der Waals surface area contributed by atoms with Gasteiger partial charge in [-0.05, 0) is 37.0 Å². The number of anilines is 1. The maximum atomic E-state index is 12.6. The fourth-order valence-corrected chi connectivity index (χ4v) is 3.90. The van der Waals surface area contributed by atoms with E-state index in [2.05, 4.69) is 20.8 Å². The Morgan fingerprint density at radius 3 is 1.73 bits per heavy atom. The summed E-state index contributed by atoms with van der Waals surface area (Å²) in [5, 5.41) is 0. The number of aryl methyl sites for hydroxylation is 2. The molecule has 4 heteroatoms. The fourth-order valence-electron chi connectivity index (χ4n) is 2.86. The van der Waals surface area contributed by atoms with Gasteiger partial charge in [0.2, 0.25) is 0 Å². The molecule has 1 aliphatic heterocycles. The van der Waals surface area contributed by atoms with Crippen molar-refractivity contribution in [2.24, 2.45) is 0 Å². The van der Waals surface area contributed by atoms with E-state index in [1.807, 2.05) is 38.1 Å². The molecule has 0 N–H and O–H groups in total. The molecule has 0 saturated heterocycles. The smallest absolute Gasteiger partial charge is 0.267 e. The first-order chi connectivity index (χ1) is 10.2. The molecule has 1 aromatic heterocycles. The zero-order chi connectivity index (χ0) is 16.2. The second-order valence-corrected chi connectivity index (χ2v) is 8.14. The van der Waals surface area contributed by atoms with E-state index in [-0.39, 0.29) is 17.2 Å². The van der Waals surface area contributed by atoms with Crippen molar-refractivity contribution < 1.29 is 9.59 Å². The third-order valence-corrected chi connectivity index (χ3v) is 5.11. The van der Waals surface area contributed by atoms with E-state index in [1.165, 1.54) is 21.8 Å². The number of hydrogen-bond donors (Lipinski definition) is 0. The highest BCUT2D eigenvalue weighted by Gasteiger charge is 2.40. The van der Waals surface area contributed by atoms with Gasteiger partial charge in [0.1, 0.15) is 0 Å². The predicted octanol–water partition coefficient (Wildman–Crippen LogP) is 4.46. The molecule has 2 aromatic rings. The van der Waals surface area contributed by atoms with Gasteiger partial charge >= 0.3 is 0 Å². The average molecular weight is 313 g/mol. The summed E-state index contributed by atoms with van der Waals surface area (Å²) in [6, 6.07) is 7.69. The molecular formula is C18H19NO2S. The summed E-state index contributed by atoms with van der Waals surface area (Å²) in [6.45, 7) is 10.2. The summed E-state index contributed by atoms with van der Waals surface area (Å²) in [5.41, 5.74) is 3.02. The van der Waals surface area contributed by atoms with Crippen LogP contribution in [0.15, 0.2) is 24.3 Å². The van der Waals surface area contributed by atoms with Gasteiger partial charge in [-0.15, -0.1) is 11.3 Å². The van der Waals surface area contributed by atoms with Crippen LogP contribution in [0.4, 0.5) is 5.69 Å². The molecule has 2 heterocycles. The third-order valence-electron chi connectivity index (χ3n) is 4.09. The highest BCUT2D eigenvalue weighted by molar-refractivity contribution is 7.12. The van der Waals surface area contributed by atoms with Crippen molar-refractivity contribution >= 4 is 28.8 Å². The summed E-state index contributed by atoms with van der Waals surface area (Å²) >= 11 is 1.51. The Bertz CT molecular complexity index is 742.